The van der Waals surface area contributed by atoms with E-state index in [4.69, 9.17) is 10.5 Å². The topological polar surface area (TPSA) is 52.3 Å². The smallest absolute Gasteiger partial charge is 0.158 e. The molecule has 2 aromatic rings. The number of ether oxygens (including phenoxy) is 1. The van der Waals surface area contributed by atoms with E-state index in [0.29, 0.717) is 6.61 Å². The van der Waals surface area contributed by atoms with E-state index in [1.165, 1.54) is 0 Å². The Balaban J connectivity index is 1.83. The second-order valence-electron chi connectivity index (χ2n) is 5.18. The molecule has 0 saturated carbocycles. The van der Waals surface area contributed by atoms with Crippen molar-refractivity contribution in [1.29, 1.82) is 0 Å². The summed E-state index contributed by atoms with van der Waals surface area (Å²) in [5, 5.41) is 0. The maximum atomic E-state index is 12.4. The molecule has 0 saturated heterocycles. The van der Waals surface area contributed by atoms with Gasteiger partial charge in [0.1, 0.15) is 5.75 Å². The van der Waals surface area contributed by atoms with E-state index in [-0.39, 0.29) is 12.2 Å². The van der Waals surface area contributed by atoms with Gasteiger partial charge in [0.2, 0.25) is 0 Å². The number of ketones is 1. The standard InChI is InChI=1S/C17H16BrNO2/c18-14-8-12-6-7-21-17(12)13(9-14)10-15(20)16(19)11-4-2-1-3-5-11/h1-5,8-9,16H,6-7,10,19H2. The lowest BCUT2D eigenvalue weighted by Crippen LogP contribution is -2.23. The number of hydrogen-bond acceptors (Lipinski definition) is 3. The molecule has 0 bridgehead atoms. The number of fused-ring (bicyclic) bond motifs is 1. The third kappa shape index (κ3) is 3.01. The molecule has 1 aliphatic rings. The first kappa shape index (κ1) is 14.3. The van der Waals surface area contributed by atoms with Gasteiger partial charge in [0.05, 0.1) is 12.6 Å². The molecule has 1 aliphatic heterocycles. The van der Waals surface area contributed by atoms with E-state index >= 15 is 0 Å². The fourth-order valence-electron chi connectivity index (χ4n) is 2.62. The van der Waals surface area contributed by atoms with Crippen LogP contribution < -0.4 is 10.5 Å². The predicted molar refractivity (Wildman–Crippen MR) is 85.4 cm³/mol. The third-order valence-corrected chi connectivity index (χ3v) is 4.15. The number of nitrogens with two attached hydrogens (primary N) is 1. The maximum absolute atomic E-state index is 12.4. The number of hydrogen-bond donors (Lipinski definition) is 1. The molecule has 2 N–H and O–H groups in total. The van der Waals surface area contributed by atoms with E-state index in [1.807, 2.05) is 42.5 Å². The van der Waals surface area contributed by atoms with Crippen molar-refractivity contribution in [2.24, 2.45) is 5.73 Å². The van der Waals surface area contributed by atoms with Crippen LogP contribution in [0.25, 0.3) is 0 Å². The summed E-state index contributed by atoms with van der Waals surface area (Å²) in [5.74, 6) is 0.851. The number of carbonyl (C=O) groups is 1. The summed E-state index contributed by atoms with van der Waals surface area (Å²) in [6.45, 7) is 0.678. The molecule has 0 aliphatic carbocycles. The van der Waals surface area contributed by atoms with Crippen LogP contribution in [0.1, 0.15) is 22.7 Å². The first-order valence-electron chi connectivity index (χ1n) is 6.92. The summed E-state index contributed by atoms with van der Waals surface area (Å²) in [4.78, 5) is 12.4. The van der Waals surface area contributed by atoms with Crippen LogP contribution in [0.4, 0.5) is 0 Å². The fraction of sp³-hybridized carbons (Fsp3) is 0.235. The summed E-state index contributed by atoms with van der Waals surface area (Å²) in [7, 11) is 0. The molecule has 0 radical (unpaired) electrons. The van der Waals surface area contributed by atoms with Crippen LogP contribution in [0.2, 0.25) is 0 Å². The molecule has 0 spiro atoms. The lowest BCUT2D eigenvalue weighted by atomic mass is 9.97. The SMILES string of the molecule is NC(C(=O)Cc1cc(Br)cc2c1OCC2)c1ccccc1. The average molecular weight is 346 g/mol. The molecule has 3 nitrogen and oxygen atoms in total. The van der Waals surface area contributed by atoms with E-state index in [2.05, 4.69) is 15.9 Å². The highest BCUT2D eigenvalue weighted by molar-refractivity contribution is 9.10. The first-order valence-corrected chi connectivity index (χ1v) is 7.72. The van der Waals surface area contributed by atoms with Gasteiger partial charge in [-0.15, -0.1) is 0 Å². The van der Waals surface area contributed by atoms with Crippen molar-refractivity contribution in [1.82, 2.24) is 0 Å². The Morgan fingerprint density at radius 1 is 1.29 bits per heavy atom. The number of carbonyl (C=O) groups excluding carboxylic acids is 1. The lowest BCUT2D eigenvalue weighted by Gasteiger charge is -2.13. The van der Waals surface area contributed by atoms with Gasteiger partial charge in [-0.1, -0.05) is 46.3 Å². The van der Waals surface area contributed by atoms with Crippen LogP contribution in [-0.4, -0.2) is 12.4 Å². The molecule has 2 aromatic carbocycles. The van der Waals surface area contributed by atoms with Crippen LogP contribution in [0, 0.1) is 0 Å². The molecule has 1 heterocycles. The summed E-state index contributed by atoms with van der Waals surface area (Å²) < 4.78 is 6.63. The van der Waals surface area contributed by atoms with Crippen molar-refractivity contribution < 1.29 is 9.53 Å². The quantitative estimate of drug-likeness (QED) is 0.925. The summed E-state index contributed by atoms with van der Waals surface area (Å²) in [6.07, 6.45) is 1.18. The van der Waals surface area contributed by atoms with E-state index in [1.54, 1.807) is 0 Å². The van der Waals surface area contributed by atoms with Crippen LogP contribution in [0.15, 0.2) is 46.9 Å². The summed E-state index contributed by atoms with van der Waals surface area (Å²) >= 11 is 3.49. The molecule has 3 rings (SSSR count). The van der Waals surface area contributed by atoms with Gasteiger partial charge in [0, 0.05) is 22.9 Å². The molecule has 0 aromatic heterocycles. The van der Waals surface area contributed by atoms with E-state index < -0.39 is 6.04 Å². The summed E-state index contributed by atoms with van der Waals surface area (Å²) in [5.41, 5.74) is 8.97. The minimum atomic E-state index is -0.595. The average Bonchev–Trinajstić information content (AvgIpc) is 2.95. The number of Topliss-reactive ketones (excluding diaryl/α,β-unsaturated/α-hetero) is 1. The van der Waals surface area contributed by atoms with Crippen molar-refractivity contribution in [3.8, 4) is 5.75 Å². The maximum Gasteiger partial charge on any atom is 0.158 e. The lowest BCUT2D eigenvalue weighted by molar-refractivity contribution is -0.119. The number of rotatable bonds is 4. The monoisotopic (exact) mass is 345 g/mol. The van der Waals surface area contributed by atoms with Gasteiger partial charge in [-0.05, 0) is 23.3 Å². The number of benzene rings is 2. The zero-order valence-corrected chi connectivity index (χ0v) is 13.1. The van der Waals surface area contributed by atoms with Crippen LogP contribution in [-0.2, 0) is 17.6 Å². The van der Waals surface area contributed by atoms with Gasteiger partial charge >= 0.3 is 0 Å². The molecule has 0 fully saturated rings. The molecular formula is C17H16BrNO2. The highest BCUT2D eigenvalue weighted by atomic mass is 79.9. The second kappa shape index (κ2) is 6.00. The minimum Gasteiger partial charge on any atom is -0.493 e. The molecule has 108 valence electrons. The zero-order chi connectivity index (χ0) is 14.8. The second-order valence-corrected chi connectivity index (χ2v) is 6.10. The molecule has 1 unspecified atom stereocenters. The van der Waals surface area contributed by atoms with Crippen molar-refractivity contribution in [3.05, 3.63) is 63.6 Å². The van der Waals surface area contributed by atoms with Crippen LogP contribution in [0.3, 0.4) is 0 Å². The molecular weight excluding hydrogens is 330 g/mol. The Kier molecular flexibility index (Phi) is 4.08. The first-order chi connectivity index (χ1) is 10.1. The van der Waals surface area contributed by atoms with E-state index in [9.17, 15) is 4.79 Å². The Morgan fingerprint density at radius 3 is 2.81 bits per heavy atom. The summed E-state index contributed by atoms with van der Waals surface area (Å²) in [6, 6.07) is 12.9. The predicted octanol–water partition coefficient (Wildman–Crippen LogP) is 3.20. The van der Waals surface area contributed by atoms with Gasteiger partial charge < -0.3 is 10.5 Å². The Hall–Kier alpha value is -1.65. The minimum absolute atomic E-state index is 0.00278. The third-order valence-electron chi connectivity index (χ3n) is 3.70. The Labute approximate surface area is 132 Å². The molecule has 21 heavy (non-hydrogen) atoms. The van der Waals surface area contributed by atoms with Gasteiger partial charge in [-0.3, -0.25) is 4.79 Å². The van der Waals surface area contributed by atoms with Crippen LogP contribution in [0.5, 0.6) is 5.75 Å². The molecule has 4 heteroatoms. The number of halogens is 1. The van der Waals surface area contributed by atoms with E-state index in [0.717, 1.165) is 33.3 Å². The largest absolute Gasteiger partial charge is 0.493 e. The van der Waals surface area contributed by atoms with Gasteiger partial charge in [0.25, 0.3) is 0 Å². The Morgan fingerprint density at radius 2 is 2.05 bits per heavy atom. The Bertz CT molecular complexity index is 670. The molecule has 1 atom stereocenters. The highest BCUT2D eigenvalue weighted by Crippen LogP contribution is 2.33. The van der Waals surface area contributed by atoms with Gasteiger partial charge in [-0.2, -0.15) is 0 Å². The normalized spacial score (nSPS) is 14.4. The van der Waals surface area contributed by atoms with Crippen LogP contribution >= 0.6 is 15.9 Å². The van der Waals surface area contributed by atoms with Crippen molar-refractivity contribution in [2.45, 2.75) is 18.9 Å². The zero-order valence-electron chi connectivity index (χ0n) is 11.5. The van der Waals surface area contributed by atoms with Gasteiger partial charge in [-0.25, -0.2) is 0 Å². The van der Waals surface area contributed by atoms with Crippen molar-refractivity contribution in [3.63, 3.8) is 0 Å². The van der Waals surface area contributed by atoms with Gasteiger partial charge in [0.15, 0.2) is 5.78 Å². The molecule has 0 amide bonds. The fourth-order valence-corrected chi connectivity index (χ4v) is 3.17. The highest BCUT2D eigenvalue weighted by Gasteiger charge is 2.22. The van der Waals surface area contributed by atoms with Crippen molar-refractivity contribution >= 4 is 21.7 Å². The van der Waals surface area contributed by atoms with Crippen molar-refractivity contribution in [2.75, 3.05) is 6.61 Å².